The average Bonchev–Trinajstić information content (AvgIpc) is 3.27. The minimum atomic E-state index is 0.0954. The molecule has 2 fully saturated rings. The maximum absolute atomic E-state index is 6.27. The van der Waals surface area contributed by atoms with Crippen molar-refractivity contribution in [2.24, 2.45) is 0 Å². The number of nitrogens with zero attached hydrogens (tertiary/aromatic N) is 5. The Morgan fingerprint density at radius 3 is 2.95 bits per heavy atom. The van der Waals surface area contributed by atoms with E-state index in [1.165, 1.54) is 12.8 Å². The van der Waals surface area contributed by atoms with Crippen molar-refractivity contribution in [2.45, 2.75) is 24.8 Å². The molecule has 0 radical (unpaired) electrons. The van der Waals surface area contributed by atoms with E-state index in [4.69, 9.17) is 16.1 Å². The summed E-state index contributed by atoms with van der Waals surface area (Å²) < 4.78 is 5.52. The Labute approximate surface area is 134 Å². The first-order chi connectivity index (χ1) is 10.7. The lowest BCUT2D eigenvalue weighted by Crippen LogP contribution is -2.47. The van der Waals surface area contributed by atoms with Gasteiger partial charge in [-0.3, -0.25) is 9.88 Å². The molecule has 6 nitrogen and oxygen atoms in total. The third-order valence-electron chi connectivity index (χ3n) is 4.42. The molecule has 1 aliphatic carbocycles. The highest BCUT2D eigenvalue weighted by Crippen LogP contribution is 2.39. The molecule has 4 rings (SSSR count). The molecule has 22 heavy (non-hydrogen) atoms. The van der Waals surface area contributed by atoms with E-state index < -0.39 is 0 Å². The van der Waals surface area contributed by atoms with Crippen molar-refractivity contribution < 1.29 is 4.52 Å². The fraction of sp³-hybridized carbons (Fsp3) is 0.533. The van der Waals surface area contributed by atoms with E-state index in [0.29, 0.717) is 16.8 Å². The fourth-order valence-electron chi connectivity index (χ4n) is 2.87. The molecular formula is C15H18ClN5O. The third kappa shape index (κ3) is 2.57. The fourth-order valence-corrected chi connectivity index (χ4v) is 3.11. The van der Waals surface area contributed by atoms with E-state index in [0.717, 1.165) is 31.1 Å². The number of piperazine rings is 1. The first-order valence-corrected chi connectivity index (χ1v) is 7.98. The van der Waals surface area contributed by atoms with Crippen LogP contribution in [0.2, 0.25) is 5.02 Å². The predicted octanol–water partition coefficient (Wildman–Crippen LogP) is 2.49. The number of aromatic nitrogens is 3. The minimum absolute atomic E-state index is 0.0954. The highest BCUT2D eigenvalue weighted by Gasteiger charge is 2.34. The molecule has 2 aliphatic rings. The summed E-state index contributed by atoms with van der Waals surface area (Å²) in [5.74, 6) is 2.08. The lowest BCUT2D eigenvalue weighted by molar-refractivity contribution is 0.177. The summed E-state index contributed by atoms with van der Waals surface area (Å²) in [6.07, 6.45) is 5.81. The van der Waals surface area contributed by atoms with Crippen LogP contribution in [0.1, 0.15) is 36.5 Å². The molecule has 0 N–H and O–H groups in total. The Morgan fingerprint density at radius 2 is 2.18 bits per heavy atom. The monoisotopic (exact) mass is 319 g/mol. The van der Waals surface area contributed by atoms with E-state index in [1.807, 2.05) is 6.07 Å². The summed E-state index contributed by atoms with van der Waals surface area (Å²) in [5.41, 5.74) is 1.01. The summed E-state index contributed by atoms with van der Waals surface area (Å²) >= 11 is 6.27. The lowest BCUT2D eigenvalue weighted by Gasteiger charge is -2.39. The third-order valence-corrected chi connectivity index (χ3v) is 4.72. The van der Waals surface area contributed by atoms with Gasteiger partial charge in [-0.15, -0.1) is 0 Å². The smallest absolute Gasteiger partial charge is 0.245 e. The van der Waals surface area contributed by atoms with Gasteiger partial charge in [-0.1, -0.05) is 16.8 Å². The van der Waals surface area contributed by atoms with E-state index in [2.05, 4.69) is 32.0 Å². The summed E-state index contributed by atoms with van der Waals surface area (Å²) in [6, 6.07) is 2.05. The lowest BCUT2D eigenvalue weighted by atomic mass is 10.1. The molecule has 116 valence electrons. The van der Waals surface area contributed by atoms with Gasteiger partial charge in [0.25, 0.3) is 0 Å². The topological polar surface area (TPSA) is 58.3 Å². The molecule has 3 heterocycles. The Balaban J connectivity index is 1.57. The Kier molecular flexibility index (Phi) is 3.50. The zero-order valence-electron chi connectivity index (χ0n) is 12.4. The van der Waals surface area contributed by atoms with Crippen LogP contribution in [0, 0.1) is 0 Å². The number of hydrogen-bond donors (Lipinski definition) is 0. The van der Waals surface area contributed by atoms with Gasteiger partial charge in [-0.05, 0) is 26.0 Å². The molecule has 0 bridgehead atoms. The van der Waals surface area contributed by atoms with Crippen molar-refractivity contribution in [1.82, 2.24) is 20.0 Å². The van der Waals surface area contributed by atoms with Gasteiger partial charge in [0, 0.05) is 37.9 Å². The van der Waals surface area contributed by atoms with Crippen LogP contribution in [-0.2, 0) is 0 Å². The van der Waals surface area contributed by atoms with Crippen molar-refractivity contribution in [3.63, 3.8) is 0 Å². The molecular weight excluding hydrogens is 302 g/mol. The number of halogens is 1. The van der Waals surface area contributed by atoms with E-state index >= 15 is 0 Å². The van der Waals surface area contributed by atoms with Gasteiger partial charge >= 0.3 is 0 Å². The van der Waals surface area contributed by atoms with Gasteiger partial charge in [0.1, 0.15) is 6.04 Å². The van der Waals surface area contributed by atoms with Crippen molar-refractivity contribution in [3.8, 4) is 0 Å². The summed E-state index contributed by atoms with van der Waals surface area (Å²) in [4.78, 5) is 13.2. The van der Waals surface area contributed by atoms with Crippen LogP contribution < -0.4 is 4.90 Å². The number of pyridine rings is 1. The van der Waals surface area contributed by atoms with Crippen LogP contribution in [0.5, 0.6) is 0 Å². The van der Waals surface area contributed by atoms with Gasteiger partial charge in [-0.25, -0.2) is 0 Å². The maximum Gasteiger partial charge on any atom is 0.245 e. The maximum atomic E-state index is 6.27. The van der Waals surface area contributed by atoms with Crippen LogP contribution >= 0.6 is 11.6 Å². The molecule has 1 unspecified atom stereocenters. The molecule has 1 atom stereocenters. The van der Waals surface area contributed by atoms with Crippen molar-refractivity contribution in [3.05, 3.63) is 35.2 Å². The number of anilines is 1. The van der Waals surface area contributed by atoms with Gasteiger partial charge in [-0.2, -0.15) is 4.98 Å². The highest BCUT2D eigenvalue weighted by molar-refractivity contribution is 6.33. The second kappa shape index (κ2) is 5.52. The first kappa shape index (κ1) is 14.0. The van der Waals surface area contributed by atoms with Crippen LogP contribution in [0.15, 0.2) is 23.0 Å². The number of rotatable bonds is 3. The summed E-state index contributed by atoms with van der Waals surface area (Å²) in [7, 11) is 2.09. The quantitative estimate of drug-likeness (QED) is 0.866. The molecule has 7 heteroatoms. The molecule has 0 amide bonds. The summed E-state index contributed by atoms with van der Waals surface area (Å²) in [6.45, 7) is 2.62. The van der Waals surface area contributed by atoms with Gasteiger partial charge < -0.3 is 9.42 Å². The van der Waals surface area contributed by atoms with Crippen LogP contribution in [0.3, 0.4) is 0 Å². The average molecular weight is 320 g/mol. The Bertz CT molecular complexity index is 671. The first-order valence-electron chi connectivity index (χ1n) is 7.60. The van der Waals surface area contributed by atoms with Gasteiger partial charge in [0.2, 0.25) is 5.89 Å². The number of hydrogen-bond acceptors (Lipinski definition) is 6. The Hall–Kier alpha value is -1.66. The van der Waals surface area contributed by atoms with Gasteiger partial charge in [0.05, 0.1) is 10.7 Å². The normalized spacial score (nSPS) is 23.0. The van der Waals surface area contributed by atoms with Crippen LogP contribution in [-0.4, -0.2) is 46.7 Å². The molecule has 2 aromatic rings. The molecule has 1 saturated heterocycles. The SMILES string of the molecule is CN1CCN(c2ccncc2Cl)CC1c1nc(C2CC2)no1. The van der Waals surface area contributed by atoms with Crippen molar-refractivity contribution >= 4 is 17.3 Å². The summed E-state index contributed by atoms with van der Waals surface area (Å²) in [5, 5.41) is 4.81. The second-order valence-corrected chi connectivity index (χ2v) is 6.44. The standard InChI is InChI=1S/C15H18ClN5O/c1-20-6-7-21(12-4-5-17-8-11(12)16)9-13(20)15-18-14(19-22-15)10-2-3-10/h4-5,8,10,13H,2-3,6-7,9H2,1H3. The second-order valence-electron chi connectivity index (χ2n) is 6.03. The van der Waals surface area contributed by atoms with Crippen LogP contribution in [0.25, 0.3) is 0 Å². The van der Waals surface area contributed by atoms with Crippen molar-refractivity contribution in [2.75, 3.05) is 31.6 Å². The van der Waals surface area contributed by atoms with E-state index in [-0.39, 0.29) is 6.04 Å². The minimum Gasteiger partial charge on any atom is -0.367 e. The van der Waals surface area contributed by atoms with Gasteiger partial charge in [0.15, 0.2) is 5.82 Å². The zero-order valence-corrected chi connectivity index (χ0v) is 13.2. The largest absolute Gasteiger partial charge is 0.367 e. The molecule has 1 saturated carbocycles. The zero-order chi connectivity index (χ0) is 15.1. The van der Waals surface area contributed by atoms with E-state index in [9.17, 15) is 0 Å². The molecule has 0 spiro atoms. The number of likely N-dealkylation sites (N-methyl/N-ethyl adjacent to an activating group) is 1. The predicted molar refractivity (Wildman–Crippen MR) is 83.1 cm³/mol. The molecule has 0 aromatic carbocycles. The van der Waals surface area contributed by atoms with Crippen LogP contribution in [0.4, 0.5) is 5.69 Å². The Morgan fingerprint density at radius 1 is 1.32 bits per heavy atom. The molecule has 2 aromatic heterocycles. The molecule has 1 aliphatic heterocycles. The van der Waals surface area contributed by atoms with Crippen molar-refractivity contribution in [1.29, 1.82) is 0 Å². The highest BCUT2D eigenvalue weighted by atomic mass is 35.5. The van der Waals surface area contributed by atoms with E-state index in [1.54, 1.807) is 12.4 Å².